The van der Waals surface area contributed by atoms with E-state index < -0.39 is 11.9 Å². The fourth-order valence-corrected chi connectivity index (χ4v) is 3.70. The quantitative estimate of drug-likeness (QED) is 0.343. The molecule has 4 N–H and O–H groups in total. The Morgan fingerprint density at radius 2 is 1.17 bits per heavy atom. The molecular formula is C25H33NO4. The predicted octanol–water partition coefficient (Wildman–Crippen LogP) is 5.76. The molecular weight excluding hydrogens is 378 g/mol. The summed E-state index contributed by atoms with van der Waals surface area (Å²) in [6, 6.07) is 11.9. The number of aryl methyl sites for hydroxylation is 1. The fourth-order valence-electron chi connectivity index (χ4n) is 3.70. The van der Waals surface area contributed by atoms with E-state index in [4.69, 9.17) is 10.8 Å². The third kappa shape index (κ3) is 7.64. The van der Waals surface area contributed by atoms with Gasteiger partial charge in [-0.25, -0.2) is 9.59 Å². The molecule has 2 aromatic rings. The van der Waals surface area contributed by atoms with Crippen molar-refractivity contribution >= 4 is 11.9 Å². The summed E-state index contributed by atoms with van der Waals surface area (Å²) in [5.74, 6) is -1.89. The summed E-state index contributed by atoms with van der Waals surface area (Å²) in [6.45, 7) is 0.786. The number of unbranched alkanes of at least 4 members (excludes halogenated alkanes) is 8. The molecule has 0 fully saturated rings. The summed E-state index contributed by atoms with van der Waals surface area (Å²) in [5.41, 5.74) is 8.91. The third-order valence-electron chi connectivity index (χ3n) is 5.45. The Kier molecular flexibility index (Phi) is 10.1. The third-order valence-corrected chi connectivity index (χ3v) is 5.45. The summed E-state index contributed by atoms with van der Waals surface area (Å²) in [7, 11) is 0. The Balaban J connectivity index is 1.92. The molecule has 0 spiro atoms. The number of benzene rings is 2. The van der Waals surface area contributed by atoms with Crippen molar-refractivity contribution in [3.05, 3.63) is 59.2 Å². The van der Waals surface area contributed by atoms with Crippen LogP contribution in [0.2, 0.25) is 0 Å². The van der Waals surface area contributed by atoms with Crippen LogP contribution >= 0.6 is 0 Å². The van der Waals surface area contributed by atoms with E-state index in [9.17, 15) is 14.7 Å². The molecule has 2 rings (SSSR count). The lowest BCUT2D eigenvalue weighted by Gasteiger charge is -2.12. The number of hydrogen-bond acceptors (Lipinski definition) is 3. The highest BCUT2D eigenvalue weighted by atomic mass is 16.4. The van der Waals surface area contributed by atoms with E-state index in [1.54, 1.807) is 36.4 Å². The van der Waals surface area contributed by atoms with Crippen LogP contribution in [-0.2, 0) is 6.42 Å². The van der Waals surface area contributed by atoms with Gasteiger partial charge in [0.05, 0.1) is 11.1 Å². The van der Waals surface area contributed by atoms with Crippen molar-refractivity contribution < 1.29 is 19.8 Å². The van der Waals surface area contributed by atoms with Crippen LogP contribution in [0.3, 0.4) is 0 Å². The molecule has 0 aliphatic rings. The SMILES string of the molecule is NCCCCCCCCCCCc1cc(C(=O)O)ccc1-c1ccc(C(=O)O)cc1. The Morgan fingerprint density at radius 1 is 0.667 bits per heavy atom. The van der Waals surface area contributed by atoms with Crippen LogP contribution in [0.15, 0.2) is 42.5 Å². The number of carbonyl (C=O) groups is 2. The molecule has 0 aliphatic carbocycles. The second kappa shape index (κ2) is 12.8. The molecule has 5 nitrogen and oxygen atoms in total. The zero-order chi connectivity index (χ0) is 21.8. The van der Waals surface area contributed by atoms with Crippen LogP contribution in [-0.4, -0.2) is 28.7 Å². The van der Waals surface area contributed by atoms with Gasteiger partial charge in [-0.15, -0.1) is 0 Å². The van der Waals surface area contributed by atoms with Gasteiger partial charge in [-0.3, -0.25) is 0 Å². The van der Waals surface area contributed by atoms with E-state index in [2.05, 4.69) is 0 Å². The molecule has 30 heavy (non-hydrogen) atoms. The summed E-state index contributed by atoms with van der Waals surface area (Å²) in [6.07, 6.45) is 11.5. The number of nitrogens with two attached hydrogens (primary N) is 1. The fraction of sp³-hybridized carbons (Fsp3) is 0.440. The number of carboxylic acid groups (broad SMARTS) is 2. The molecule has 162 valence electrons. The molecule has 0 aliphatic heterocycles. The van der Waals surface area contributed by atoms with Gasteiger partial charge in [0.25, 0.3) is 0 Å². The molecule has 0 unspecified atom stereocenters. The van der Waals surface area contributed by atoms with E-state index in [1.165, 1.54) is 38.5 Å². The number of carboxylic acids is 2. The lowest BCUT2D eigenvalue weighted by atomic mass is 9.93. The molecule has 0 atom stereocenters. The Labute approximate surface area is 178 Å². The highest BCUT2D eigenvalue weighted by Gasteiger charge is 2.11. The zero-order valence-electron chi connectivity index (χ0n) is 17.6. The zero-order valence-corrected chi connectivity index (χ0v) is 17.6. The molecule has 0 saturated heterocycles. The first-order chi connectivity index (χ1) is 14.5. The molecule has 2 aromatic carbocycles. The minimum Gasteiger partial charge on any atom is -0.478 e. The highest BCUT2D eigenvalue weighted by molar-refractivity contribution is 5.90. The number of aromatic carboxylic acids is 2. The van der Waals surface area contributed by atoms with Crippen molar-refractivity contribution in [3.8, 4) is 11.1 Å². The monoisotopic (exact) mass is 411 g/mol. The van der Waals surface area contributed by atoms with Crippen molar-refractivity contribution in [2.45, 2.75) is 64.2 Å². The van der Waals surface area contributed by atoms with Gasteiger partial charge in [-0.2, -0.15) is 0 Å². The van der Waals surface area contributed by atoms with Gasteiger partial charge in [-0.05, 0) is 66.8 Å². The first-order valence-corrected chi connectivity index (χ1v) is 10.9. The minimum atomic E-state index is -0.956. The maximum absolute atomic E-state index is 11.4. The van der Waals surface area contributed by atoms with Crippen LogP contribution in [0.1, 0.15) is 84.1 Å². The lowest BCUT2D eigenvalue weighted by molar-refractivity contribution is 0.0686. The average Bonchev–Trinajstić information content (AvgIpc) is 2.75. The molecule has 0 aromatic heterocycles. The first-order valence-electron chi connectivity index (χ1n) is 10.9. The summed E-state index contributed by atoms with van der Waals surface area (Å²) >= 11 is 0. The number of rotatable bonds is 14. The molecule has 0 bridgehead atoms. The maximum atomic E-state index is 11.4. The minimum absolute atomic E-state index is 0.241. The van der Waals surface area contributed by atoms with Crippen molar-refractivity contribution in [1.29, 1.82) is 0 Å². The Morgan fingerprint density at radius 3 is 1.70 bits per heavy atom. The van der Waals surface area contributed by atoms with Gasteiger partial charge in [0.15, 0.2) is 0 Å². The van der Waals surface area contributed by atoms with E-state index >= 15 is 0 Å². The first kappa shape index (κ1) is 23.6. The predicted molar refractivity (Wildman–Crippen MR) is 120 cm³/mol. The Bertz CT molecular complexity index is 814. The van der Waals surface area contributed by atoms with Crippen LogP contribution < -0.4 is 5.73 Å². The average molecular weight is 412 g/mol. The Hall–Kier alpha value is -2.66. The molecule has 0 heterocycles. The summed E-state index contributed by atoms with van der Waals surface area (Å²) in [5, 5.41) is 18.4. The van der Waals surface area contributed by atoms with Gasteiger partial charge in [0.1, 0.15) is 0 Å². The van der Waals surface area contributed by atoms with Gasteiger partial charge in [0.2, 0.25) is 0 Å². The topological polar surface area (TPSA) is 101 Å². The molecule has 0 radical (unpaired) electrons. The second-order valence-corrected chi connectivity index (χ2v) is 7.78. The van der Waals surface area contributed by atoms with Gasteiger partial charge in [0, 0.05) is 0 Å². The van der Waals surface area contributed by atoms with Crippen LogP contribution in [0.4, 0.5) is 0 Å². The van der Waals surface area contributed by atoms with Crippen LogP contribution in [0.25, 0.3) is 11.1 Å². The smallest absolute Gasteiger partial charge is 0.335 e. The van der Waals surface area contributed by atoms with Crippen molar-refractivity contribution in [2.75, 3.05) is 6.54 Å². The molecule has 5 heteroatoms. The van der Waals surface area contributed by atoms with E-state index in [-0.39, 0.29) is 11.1 Å². The van der Waals surface area contributed by atoms with Crippen molar-refractivity contribution in [2.24, 2.45) is 5.73 Å². The summed E-state index contributed by atoms with van der Waals surface area (Å²) < 4.78 is 0. The normalized spacial score (nSPS) is 10.8. The second-order valence-electron chi connectivity index (χ2n) is 7.78. The summed E-state index contributed by atoms with van der Waals surface area (Å²) in [4.78, 5) is 22.5. The standard InChI is InChI=1S/C25H33NO4/c26-17-9-7-5-3-1-2-4-6-8-10-21-18-22(25(29)30)15-16-23(21)19-11-13-20(14-12-19)24(27)28/h11-16,18H,1-10,17,26H2,(H,27,28)(H,29,30). The van der Waals surface area contributed by atoms with E-state index in [0.717, 1.165) is 48.9 Å². The van der Waals surface area contributed by atoms with E-state index in [0.29, 0.717) is 0 Å². The van der Waals surface area contributed by atoms with E-state index in [1.807, 2.05) is 6.07 Å². The highest BCUT2D eigenvalue weighted by Crippen LogP contribution is 2.27. The lowest BCUT2D eigenvalue weighted by Crippen LogP contribution is -2.00. The van der Waals surface area contributed by atoms with Gasteiger partial charge < -0.3 is 15.9 Å². The molecule has 0 amide bonds. The maximum Gasteiger partial charge on any atom is 0.335 e. The van der Waals surface area contributed by atoms with Crippen molar-refractivity contribution in [3.63, 3.8) is 0 Å². The van der Waals surface area contributed by atoms with Crippen LogP contribution in [0, 0.1) is 0 Å². The van der Waals surface area contributed by atoms with Crippen LogP contribution in [0.5, 0.6) is 0 Å². The van der Waals surface area contributed by atoms with Gasteiger partial charge in [-0.1, -0.05) is 63.1 Å². The van der Waals surface area contributed by atoms with Crippen molar-refractivity contribution in [1.82, 2.24) is 0 Å². The number of hydrogen-bond donors (Lipinski definition) is 3. The van der Waals surface area contributed by atoms with Gasteiger partial charge >= 0.3 is 11.9 Å². The largest absolute Gasteiger partial charge is 0.478 e. The molecule has 0 saturated carbocycles.